The Morgan fingerprint density at radius 3 is 2.74 bits per heavy atom. The van der Waals surface area contributed by atoms with E-state index in [0.29, 0.717) is 24.2 Å². The zero-order chi connectivity index (χ0) is 21.5. The van der Waals surface area contributed by atoms with E-state index in [1.54, 1.807) is 0 Å². The molecule has 2 unspecified atom stereocenters. The first-order chi connectivity index (χ1) is 15.0. The van der Waals surface area contributed by atoms with Crippen molar-refractivity contribution in [2.75, 3.05) is 19.7 Å². The first-order valence-electron chi connectivity index (χ1n) is 11.4. The van der Waals surface area contributed by atoms with E-state index >= 15 is 0 Å². The minimum Gasteiger partial charge on any atom is -0.376 e. The molecule has 3 aliphatic rings. The highest BCUT2D eigenvalue weighted by Crippen LogP contribution is 2.36. The summed E-state index contributed by atoms with van der Waals surface area (Å²) in [6.07, 6.45) is 4.11. The number of ether oxygens (including phenoxy) is 1. The van der Waals surface area contributed by atoms with Crippen molar-refractivity contribution in [1.29, 1.82) is 0 Å². The highest BCUT2D eigenvalue weighted by atomic mass is 16.5. The van der Waals surface area contributed by atoms with E-state index in [2.05, 4.69) is 32.0 Å². The van der Waals surface area contributed by atoms with Gasteiger partial charge in [-0.1, -0.05) is 30.3 Å². The van der Waals surface area contributed by atoms with Gasteiger partial charge in [0.15, 0.2) is 0 Å². The Bertz CT molecular complexity index is 1030. The molecule has 0 aromatic heterocycles. The molecule has 5 rings (SSSR count). The molecule has 0 saturated carbocycles. The number of hydrogen-bond donors (Lipinski definition) is 0. The summed E-state index contributed by atoms with van der Waals surface area (Å²) in [5.41, 5.74) is 5.79. The lowest BCUT2D eigenvalue weighted by atomic mass is 9.98. The van der Waals surface area contributed by atoms with Crippen LogP contribution in [0.2, 0.25) is 0 Å². The summed E-state index contributed by atoms with van der Waals surface area (Å²) < 4.78 is 5.73. The van der Waals surface area contributed by atoms with Gasteiger partial charge in [-0.3, -0.25) is 9.59 Å². The molecule has 2 aromatic carbocycles. The van der Waals surface area contributed by atoms with Gasteiger partial charge < -0.3 is 14.5 Å². The van der Waals surface area contributed by atoms with Crippen LogP contribution in [0.3, 0.4) is 0 Å². The van der Waals surface area contributed by atoms with Crippen LogP contribution in [0, 0.1) is 13.8 Å². The highest BCUT2D eigenvalue weighted by Gasteiger charge is 2.37. The van der Waals surface area contributed by atoms with Crippen molar-refractivity contribution < 1.29 is 14.3 Å². The second-order valence-corrected chi connectivity index (χ2v) is 9.16. The first-order valence-corrected chi connectivity index (χ1v) is 11.4. The fraction of sp³-hybridized carbons (Fsp3) is 0.462. The van der Waals surface area contributed by atoms with Crippen molar-refractivity contribution in [3.8, 4) is 0 Å². The third kappa shape index (κ3) is 3.65. The molecule has 162 valence electrons. The van der Waals surface area contributed by atoms with E-state index < -0.39 is 0 Å². The lowest BCUT2D eigenvalue weighted by Gasteiger charge is -2.26. The molecule has 3 aliphatic heterocycles. The maximum atomic E-state index is 13.7. The van der Waals surface area contributed by atoms with Gasteiger partial charge in [0, 0.05) is 26.2 Å². The van der Waals surface area contributed by atoms with Crippen LogP contribution < -0.4 is 0 Å². The Kier molecular flexibility index (Phi) is 5.30. The quantitative estimate of drug-likeness (QED) is 0.739. The van der Waals surface area contributed by atoms with Gasteiger partial charge in [-0.15, -0.1) is 0 Å². The number of rotatable bonds is 4. The van der Waals surface area contributed by atoms with Gasteiger partial charge in [0.2, 0.25) is 0 Å². The molecule has 3 heterocycles. The molecule has 31 heavy (non-hydrogen) atoms. The number of fused-ring (bicyclic) bond motifs is 1. The number of benzene rings is 2. The van der Waals surface area contributed by atoms with E-state index in [4.69, 9.17) is 4.74 Å². The van der Waals surface area contributed by atoms with Gasteiger partial charge >= 0.3 is 0 Å². The molecule has 2 amide bonds. The lowest BCUT2D eigenvalue weighted by molar-refractivity contribution is 0.0542. The van der Waals surface area contributed by atoms with Crippen LogP contribution in [0.1, 0.15) is 74.7 Å². The molecule has 2 saturated heterocycles. The van der Waals surface area contributed by atoms with Crippen LogP contribution in [0.5, 0.6) is 0 Å². The SMILES string of the molecule is Cc1ccc(C2CCCN2C(=O)c2cccc3c2C(=O)N(CC2CCCO2)C3)cc1C. The molecule has 0 radical (unpaired) electrons. The average molecular weight is 419 g/mol. The molecular formula is C26H30N2O3. The van der Waals surface area contributed by atoms with Gasteiger partial charge in [0.05, 0.1) is 23.3 Å². The van der Waals surface area contributed by atoms with Crippen molar-refractivity contribution in [3.63, 3.8) is 0 Å². The third-order valence-electron chi connectivity index (χ3n) is 7.12. The Morgan fingerprint density at radius 1 is 1.10 bits per heavy atom. The molecule has 0 N–H and O–H groups in total. The maximum Gasteiger partial charge on any atom is 0.255 e. The molecule has 0 bridgehead atoms. The number of nitrogens with zero attached hydrogens (tertiary/aromatic N) is 2. The molecule has 5 heteroatoms. The standard InChI is InChI=1S/C26H30N2O3/c1-17-10-11-19(14-18(17)2)23-9-4-12-28(23)25(29)22-8-3-6-20-15-27(26(30)24(20)22)16-21-7-5-13-31-21/h3,6,8,10-11,14,21,23H,4-5,7,9,12-13,15-16H2,1-2H3. The minimum atomic E-state index is -0.0311. The normalized spacial score (nSPS) is 23.0. The van der Waals surface area contributed by atoms with Gasteiger partial charge in [0.25, 0.3) is 11.8 Å². The highest BCUT2D eigenvalue weighted by molar-refractivity contribution is 6.09. The average Bonchev–Trinajstić information content (AvgIpc) is 3.51. The fourth-order valence-corrected chi connectivity index (χ4v) is 5.26. The van der Waals surface area contributed by atoms with E-state index in [9.17, 15) is 9.59 Å². The number of amides is 2. The Balaban J connectivity index is 1.41. The topological polar surface area (TPSA) is 49.9 Å². The number of carbonyl (C=O) groups excluding carboxylic acids is 2. The zero-order valence-corrected chi connectivity index (χ0v) is 18.4. The van der Waals surface area contributed by atoms with E-state index in [0.717, 1.165) is 44.4 Å². The summed E-state index contributed by atoms with van der Waals surface area (Å²) in [7, 11) is 0. The van der Waals surface area contributed by atoms with Gasteiger partial charge in [-0.05, 0) is 67.9 Å². The predicted molar refractivity (Wildman–Crippen MR) is 119 cm³/mol. The first kappa shape index (κ1) is 20.3. The molecule has 2 aromatic rings. The second kappa shape index (κ2) is 8.12. The van der Waals surface area contributed by atoms with E-state index in [1.165, 1.54) is 16.7 Å². The second-order valence-electron chi connectivity index (χ2n) is 9.16. The molecule has 0 aliphatic carbocycles. The minimum absolute atomic E-state index is 0.0232. The van der Waals surface area contributed by atoms with Gasteiger partial charge in [0.1, 0.15) is 0 Å². The number of hydrogen-bond acceptors (Lipinski definition) is 3. The summed E-state index contributed by atoms with van der Waals surface area (Å²) in [6.45, 7) is 6.90. The fourth-order valence-electron chi connectivity index (χ4n) is 5.26. The monoisotopic (exact) mass is 418 g/mol. The van der Waals surface area contributed by atoms with Crippen LogP contribution in [0.15, 0.2) is 36.4 Å². The third-order valence-corrected chi connectivity index (χ3v) is 7.12. The lowest BCUT2D eigenvalue weighted by Crippen LogP contribution is -2.34. The van der Waals surface area contributed by atoms with Crippen LogP contribution >= 0.6 is 0 Å². The Hall–Kier alpha value is -2.66. The molecule has 5 nitrogen and oxygen atoms in total. The van der Waals surface area contributed by atoms with Crippen molar-refractivity contribution >= 4 is 11.8 Å². The van der Waals surface area contributed by atoms with Crippen LogP contribution in [0.4, 0.5) is 0 Å². The molecule has 0 spiro atoms. The summed E-state index contributed by atoms with van der Waals surface area (Å²) in [4.78, 5) is 30.7. The van der Waals surface area contributed by atoms with E-state index in [1.807, 2.05) is 28.0 Å². The maximum absolute atomic E-state index is 13.7. The van der Waals surface area contributed by atoms with Crippen molar-refractivity contribution in [2.24, 2.45) is 0 Å². The molecule has 2 atom stereocenters. The van der Waals surface area contributed by atoms with E-state index in [-0.39, 0.29) is 24.0 Å². The van der Waals surface area contributed by atoms with Gasteiger partial charge in [-0.25, -0.2) is 0 Å². The van der Waals surface area contributed by atoms with Gasteiger partial charge in [-0.2, -0.15) is 0 Å². The van der Waals surface area contributed by atoms with Crippen LogP contribution in [-0.4, -0.2) is 47.4 Å². The molecular weight excluding hydrogens is 388 g/mol. The Morgan fingerprint density at radius 2 is 1.97 bits per heavy atom. The number of carbonyl (C=O) groups is 2. The van der Waals surface area contributed by atoms with Crippen LogP contribution in [0.25, 0.3) is 0 Å². The predicted octanol–water partition coefficient (Wildman–Crippen LogP) is 4.42. The summed E-state index contributed by atoms with van der Waals surface area (Å²) in [5, 5.41) is 0. The number of likely N-dealkylation sites (tertiary alicyclic amines) is 1. The summed E-state index contributed by atoms with van der Waals surface area (Å²) in [6, 6.07) is 12.3. The Labute approximate surface area is 184 Å². The summed E-state index contributed by atoms with van der Waals surface area (Å²) >= 11 is 0. The van der Waals surface area contributed by atoms with Crippen LogP contribution in [-0.2, 0) is 11.3 Å². The van der Waals surface area contributed by atoms with Crippen molar-refractivity contribution in [2.45, 2.75) is 58.2 Å². The largest absolute Gasteiger partial charge is 0.376 e. The van der Waals surface area contributed by atoms with Crippen molar-refractivity contribution in [3.05, 3.63) is 69.8 Å². The summed E-state index contributed by atoms with van der Waals surface area (Å²) in [5.74, 6) is -0.0544. The van der Waals surface area contributed by atoms with Crippen molar-refractivity contribution in [1.82, 2.24) is 9.80 Å². The number of aryl methyl sites for hydroxylation is 2. The zero-order valence-electron chi connectivity index (χ0n) is 18.4. The molecule has 2 fully saturated rings. The smallest absolute Gasteiger partial charge is 0.255 e.